The highest BCUT2D eigenvalue weighted by Crippen LogP contribution is 2.24. The lowest BCUT2D eigenvalue weighted by molar-refractivity contribution is 0.0171. The highest BCUT2D eigenvalue weighted by molar-refractivity contribution is 7.89. The van der Waals surface area contributed by atoms with Crippen LogP contribution in [-0.4, -0.2) is 46.2 Å². The Kier molecular flexibility index (Phi) is 6.44. The first kappa shape index (κ1) is 20.2. The SMILES string of the molecule is O=S(=O)(NCC(c1cccc(F)c1)N1CCOCC1)c1ccc(F)c(Cl)c1. The first-order chi connectivity index (χ1) is 12.9. The normalized spacial score (nSPS) is 17.0. The van der Waals surface area contributed by atoms with Crippen molar-refractivity contribution in [2.45, 2.75) is 10.9 Å². The fourth-order valence-corrected chi connectivity index (χ4v) is 4.29. The van der Waals surface area contributed by atoms with Gasteiger partial charge in [-0.1, -0.05) is 23.7 Å². The highest BCUT2D eigenvalue weighted by atomic mass is 35.5. The molecule has 27 heavy (non-hydrogen) atoms. The molecule has 1 aliphatic rings. The maximum Gasteiger partial charge on any atom is 0.240 e. The topological polar surface area (TPSA) is 58.6 Å². The number of rotatable bonds is 6. The van der Waals surface area contributed by atoms with Crippen LogP contribution in [0.5, 0.6) is 0 Å². The number of benzene rings is 2. The van der Waals surface area contributed by atoms with Gasteiger partial charge in [-0.25, -0.2) is 21.9 Å². The third kappa shape index (κ3) is 5.03. The standard InChI is InChI=1S/C18H19ClF2N2O3S/c19-16-11-15(4-5-17(16)21)27(24,25)22-12-18(23-6-8-26-9-7-23)13-2-1-3-14(20)10-13/h1-5,10-11,18,22H,6-9,12H2. The third-order valence-electron chi connectivity index (χ3n) is 4.39. The molecule has 0 radical (unpaired) electrons. The molecule has 1 saturated heterocycles. The van der Waals surface area contributed by atoms with Gasteiger partial charge in [-0.05, 0) is 35.9 Å². The van der Waals surface area contributed by atoms with Gasteiger partial charge in [0, 0.05) is 25.7 Å². The van der Waals surface area contributed by atoms with E-state index in [9.17, 15) is 17.2 Å². The van der Waals surface area contributed by atoms with Gasteiger partial charge >= 0.3 is 0 Å². The Morgan fingerprint density at radius 3 is 2.56 bits per heavy atom. The number of nitrogens with one attached hydrogen (secondary N) is 1. The average molecular weight is 417 g/mol. The van der Waals surface area contributed by atoms with Crippen molar-refractivity contribution in [3.63, 3.8) is 0 Å². The van der Waals surface area contributed by atoms with E-state index < -0.39 is 15.8 Å². The number of halogens is 3. The molecule has 0 spiro atoms. The van der Waals surface area contributed by atoms with E-state index in [4.69, 9.17) is 16.3 Å². The van der Waals surface area contributed by atoms with Gasteiger partial charge in [0.15, 0.2) is 0 Å². The van der Waals surface area contributed by atoms with Crippen LogP contribution in [0.1, 0.15) is 11.6 Å². The van der Waals surface area contributed by atoms with Crippen molar-refractivity contribution in [1.82, 2.24) is 9.62 Å². The van der Waals surface area contributed by atoms with Gasteiger partial charge in [-0.2, -0.15) is 0 Å². The largest absolute Gasteiger partial charge is 0.379 e. The number of nitrogens with zero attached hydrogens (tertiary/aromatic N) is 1. The van der Waals surface area contributed by atoms with E-state index in [0.717, 1.165) is 18.2 Å². The second-order valence-electron chi connectivity index (χ2n) is 6.15. The molecule has 1 unspecified atom stereocenters. The lowest BCUT2D eigenvalue weighted by Crippen LogP contribution is -2.43. The number of hydrogen-bond acceptors (Lipinski definition) is 4. The summed E-state index contributed by atoms with van der Waals surface area (Å²) in [5.74, 6) is -1.08. The van der Waals surface area contributed by atoms with Crippen molar-refractivity contribution in [3.8, 4) is 0 Å². The molecule has 0 saturated carbocycles. The fraction of sp³-hybridized carbons (Fsp3) is 0.333. The first-order valence-corrected chi connectivity index (χ1v) is 10.2. The van der Waals surface area contributed by atoms with Crippen molar-refractivity contribution in [3.05, 3.63) is 64.7 Å². The average Bonchev–Trinajstić information content (AvgIpc) is 2.65. The van der Waals surface area contributed by atoms with Crippen LogP contribution >= 0.6 is 11.6 Å². The minimum atomic E-state index is -3.90. The van der Waals surface area contributed by atoms with Crippen LogP contribution in [0.3, 0.4) is 0 Å². The van der Waals surface area contributed by atoms with Gasteiger partial charge in [0.2, 0.25) is 10.0 Å². The zero-order chi connectivity index (χ0) is 19.4. The van der Waals surface area contributed by atoms with E-state index in [0.29, 0.717) is 31.9 Å². The van der Waals surface area contributed by atoms with Gasteiger partial charge in [-0.15, -0.1) is 0 Å². The van der Waals surface area contributed by atoms with E-state index in [2.05, 4.69) is 4.72 Å². The lowest BCUT2D eigenvalue weighted by Gasteiger charge is -2.34. The lowest BCUT2D eigenvalue weighted by atomic mass is 10.0. The molecule has 146 valence electrons. The monoisotopic (exact) mass is 416 g/mol. The minimum absolute atomic E-state index is 0.0286. The molecule has 1 aliphatic heterocycles. The molecule has 2 aromatic rings. The van der Waals surface area contributed by atoms with Gasteiger partial charge in [-0.3, -0.25) is 4.90 Å². The maximum atomic E-state index is 13.7. The second kappa shape index (κ2) is 8.62. The van der Waals surface area contributed by atoms with E-state index in [1.54, 1.807) is 12.1 Å². The summed E-state index contributed by atoms with van der Waals surface area (Å²) in [6, 6.07) is 8.92. The van der Waals surface area contributed by atoms with Crippen LogP contribution in [0.15, 0.2) is 47.4 Å². The van der Waals surface area contributed by atoms with Crippen LogP contribution in [0, 0.1) is 11.6 Å². The maximum absolute atomic E-state index is 13.7. The molecular weight excluding hydrogens is 398 g/mol. The van der Waals surface area contributed by atoms with Gasteiger partial charge in [0.05, 0.1) is 23.1 Å². The molecule has 3 rings (SSSR count). The zero-order valence-electron chi connectivity index (χ0n) is 14.4. The Morgan fingerprint density at radius 2 is 1.89 bits per heavy atom. The molecule has 0 aromatic heterocycles. The van der Waals surface area contributed by atoms with Crippen molar-refractivity contribution in [1.29, 1.82) is 0 Å². The van der Waals surface area contributed by atoms with Crippen LogP contribution in [0.2, 0.25) is 5.02 Å². The van der Waals surface area contributed by atoms with Crippen molar-refractivity contribution in [2.75, 3.05) is 32.8 Å². The summed E-state index contributed by atoms with van der Waals surface area (Å²) in [5.41, 5.74) is 0.664. The van der Waals surface area contributed by atoms with Gasteiger partial charge in [0.25, 0.3) is 0 Å². The molecule has 2 aromatic carbocycles. The van der Waals surface area contributed by atoms with E-state index in [1.165, 1.54) is 12.1 Å². The molecular formula is C18H19ClF2N2O3S. The minimum Gasteiger partial charge on any atom is -0.379 e. The van der Waals surface area contributed by atoms with Gasteiger partial charge < -0.3 is 4.74 Å². The Morgan fingerprint density at radius 1 is 1.15 bits per heavy atom. The van der Waals surface area contributed by atoms with Crippen molar-refractivity contribution in [2.24, 2.45) is 0 Å². The van der Waals surface area contributed by atoms with Crippen LogP contribution in [-0.2, 0) is 14.8 Å². The molecule has 1 fully saturated rings. The van der Waals surface area contributed by atoms with Gasteiger partial charge in [0.1, 0.15) is 11.6 Å². The molecule has 1 atom stereocenters. The molecule has 5 nitrogen and oxygen atoms in total. The van der Waals surface area contributed by atoms with E-state index >= 15 is 0 Å². The predicted octanol–water partition coefficient (Wildman–Crippen LogP) is 2.97. The molecule has 0 amide bonds. The Balaban J connectivity index is 1.82. The Labute approximate surface area is 161 Å². The zero-order valence-corrected chi connectivity index (χ0v) is 15.9. The molecule has 0 aliphatic carbocycles. The number of ether oxygens (including phenoxy) is 1. The summed E-state index contributed by atoms with van der Waals surface area (Å²) >= 11 is 5.69. The summed E-state index contributed by atoms with van der Waals surface area (Å²) in [7, 11) is -3.90. The van der Waals surface area contributed by atoms with E-state index in [1.807, 2.05) is 4.90 Å². The number of morpholine rings is 1. The summed E-state index contributed by atoms with van der Waals surface area (Å²) in [6.45, 7) is 2.27. The quantitative estimate of drug-likeness (QED) is 0.786. The molecule has 1 N–H and O–H groups in total. The van der Waals surface area contributed by atoms with E-state index in [-0.39, 0.29) is 28.3 Å². The van der Waals surface area contributed by atoms with Crippen molar-refractivity contribution < 1.29 is 21.9 Å². The summed E-state index contributed by atoms with van der Waals surface area (Å²) in [6.07, 6.45) is 0. The third-order valence-corrected chi connectivity index (χ3v) is 6.10. The smallest absolute Gasteiger partial charge is 0.240 e. The highest BCUT2D eigenvalue weighted by Gasteiger charge is 2.25. The number of sulfonamides is 1. The molecule has 1 heterocycles. The van der Waals surface area contributed by atoms with Crippen LogP contribution in [0.4, 0.5) is 8.78 Å². The molecule has 9 heteroatoms. The summed E-state index contributed by atoms with van der Waals surface area (Å²) in [4.78, 5) is 1.91. The molecule has 0 bridgehead atoms. The van der Waals surface area contributed by atoms with Crippen LogP contribution < -0.4 is 4.72 Å². The fourth-order valence-electron chi connectivity index (χ4n) is 2.98. The van der Waals surface area contributed by atoms with Crippen molar-refractivity contribution >= 4 is 21.6 Å². The van der Waals surface area contributed by atoms with Crippen LogP contribution in [0.25, 0.3) is 0 Å². The summed E-state index contributed by atoms with van der Waals surface area (Å²) in [5, 5.41) is -0.271. The summed E-state index contributed by atoms with van der Waals surface area (Å²) < 4.78 is 60.0. The number of hydrogen-bond donors (Lipinski definition) is 1. The predicted molar refractivity (Wildman–Crippen MR) is 98.1 cm³/mol. The Hall–Kier alpha value is -1.58. The second-order valence-corrected chi connectivity index (χ2v) is 8.32. The first-order valence-electron chi connectivity index (χ1n) is 8.39. The Bertz CT molecular complexity index is 905.